The highest BCUT2D eigenvalue weighted by molar-refractivity contribution is 5.70. The first-order valence-electron chi connectivity index (χ1n) is 29.1. The third kappa shape index (κ3) is 28.0. The van der Waals surface area contributed by atoms with Crippen LogP contribution >= 0.6 is 0 Å². The van der Waals surface area contributed by atoms with Gasteiger partial charge in [-0.3, -0.25) is 19.2 Å². The van der Waals surface area contributed by atoms with Crippen molar-refractivity contribution in [1.82, 2.24) is 4.90 Å². The zero-order valence-electron chi connectivity index (χ0n) is 45.8. The summed E-state index contributed by atoms with van der Waals surface area (Å²) in [6.45, 7) is 19.3. The molecule has 9 nitrogen and oxygen atoms in total. The van der Waals surface area contributed by atoms with Crippen molar-refractivity contribution in [2.45, 2.75) is 286 Å². The Morgan fingerprint density at radius 3 is 0.868 bits per heavy atom. The molecule has 2 aliphatic carbocycles. The van der Waals surface area contributed by atoms with Crippen LogP contribution in [0.25, 0.3) is 0 Å². The summed E-state index contributed by atoms with van der Waals surface area (Å²) in [7, 11) is 0. The fourth-order valence-corrected chi connectivity index (χ4v) is 12.4. The van der Waals surface area contributed by atoms with E-state index in [0.29, 0.717) is 51.4 Å². The van der Waals surface area contributed by atoms with Gasteiger partial charge in [0.25, 0.3) is 0 Å². The molecule has 2 aliphatic rings. The molecular weight excluding hydrogens is 851 g/mol. The van der Waals surface area contributed by atoms with Gasteiger partial charge in [0.2, 0.25) is 0 Å². The number of unbranched alkanes of at least 4 members (excludes halogenated alkanes) is 24. The van der Waals surface area contributed by atoms with E-state index in [2.05, 4.69) is 53.4 Å². The number of esters is 4. The summed E-state index contributed by atoms with van der Waals surface area (Å²) in [4.78, 5) is 55.9. The van der Waals surface area contributed by atoms with Crippen molar-refractivity contribution in [1.29, 1.82) is 0 Å². The Kier molecular flexibility index (Phi) is 33.5. The number of hydrogen-bond donors (Lipinski definition) is 0. The van der Waals surface area contributed by atoms with E-state index in [9.17, 15) is 19.2 Å². The first-order valence-corrected chi connectivity index (χ1v) is 29.1. The van der Waals surface area contributed by atoms with E-state index in [-0.39, 0.29) is 50.3 Å². The maximum absolute atomic E-state index is 13.5. The average Bonchev–Trinajstić information content (AvgIpc) is 3.31. The van der Waals surface area contributed by atoms with Crippen LogP contribution in [-0.2, 0) is 38.1 Å². The Hall–Kier alpha value is -2.16. The maximum Gasteiger partial charge on any atom is 0.305 e. The molecule has 2 fully saturated rings. The number of carbonyl (C=O) groups is 4. The highest BCUT2D eigenvalue weighted by atomic mass is 16.5. The predicted octanol–water partition coefficient (Wildman–Crippen LogP) is 16.0. The third-order valence-corrected chi connectivity index (χ3v) is 15.4. The lowest BCUT2D eigenvalue weighted by Gasteiger charge is -2.62. The summed E-state index contributed by atoms with van der Waals surface area (Å²) >= 11 is 0. The van der Waals surface area contributed by atoms with E-state index >= 15 is 0 Å². The quantitative estimate of drug-likeness (QED) is 0.0335. The highest BCUT2D eigenvalue weighted by Gasteiger charge is 2.61. The van der Waals surface area contributed by atoms with Gasteiger partial charge in [-0.1, -0.05) is 203 Å². The number of hydrogen-bond acceptors (Lipinski definition) is 9. The number of rotatable bonds is 44. The van der Waals surface area contributed by atoms with Gasteiger partial charge in [0, 0.05) is 47.3 Å². The highest BCUT2D eigenvalue weighted by Crippen LogP contribution is 2.66. The lowest BCUT2D eigenvalue weighted by molar-refractivity contribution is -0.196. The van der Waals surface area contributed by atoms with Crippen LogP contribution in [0.15, 0.2) is 0 Å². The van der Waals surface area contributed by atoms with Gasteiger partial charge in [-0.25, -0.2) is 0 Å². The molecular formula is C59H109NO8. The first kappa shape index (κ1) is 62.0. The van der Waals surface area contributed by atoms with Crippen molar-refractivity contribution >= 4 is 23.9 Å². The Bertz CT molecular complexity index is 1270. The van der Waals surface area contributed by atoms with Crippen molar-refractivity contribution in [2.75, 3.05) is 46.1 Å². The predicted molar refractivity (Wildman–Crippen MR) is 281 cm³/mol. The zero-order chi connectivity index (χ0) is 49.8. The molecule has 2 bridgehead atoms. The van der Waals surface area contributed by atoms with E-state index in [0.717, 1.165) is 90.3 Å². The van der Waals surface area contributed by atoms with E-state index < -0.39 is 21.7 Å². The summed E-state index contributed by atoms with van der Waals surface area (Å²) in [6, 6.07) is 0. The molecule has 0 saturated heterocycles. The van der Waals surface area contributed by atoms with Crippen molar-refractivity contribution in [3.05, 3.63) is 0 Å². The summed E-state index contributed by atoms with van der Waals surface area (Å²) < 4.78 is 24.9. The van der Waals surface area contributed by atoms with Crippen molar-refractivity contribution < 1.29 is 38.1 Å². The minimum Gasteiger partial charge on any atom is -0.465 e. The minimum atomic E-state index is -0.462. The molecule has 0 aromatic rings. The molecule has 0 radical (unpaired) electrons. The lowest BCUT2D eigenvalue weighted by Crippen LogP contribution is -2.58. The Morgan fingerprint density at radius 2 is 0.588 bits per heavy atom. The van der Waals surface area contributed by atoms with E-state index in [4.69, 9.17) is 18.9 Å². The maximum atomic E-state index is 13.5. The Morgan fingerprint density at radius 1 is 0.338 bits per heavy atom. The fourth-order valence-electron chi connectivity index (χ4n) is 12.4. The summed E-state index contributed by atoms with van der Waals surface area (Å²) in [5.41, 5.74) is -1.76. The monoisotopic (exact) mass is 960 g/mol. The first-order chi connectivity index (χ1) is 32.8. The molecule has 0 N–H and O–H groups in total. The van der Waals surface area contributed by atoms with Crippen molar-refractivity contribution in [3.63, 3.8) is 0 Å². The molecule has 0 amide bonds. The topological polar surface area (TPSA) is 108 Å². The normalized spacial score (nSPS) is 22.3. The second-order valence-corrected chi connectivity index (χ2v) is 23.0. The molecule has 0 heterocycles. The van der Waals surface area contributed by atoms with E-state index in [1.54, 1.807) is 0 Å². The molecule has 398 valence electrons. The molecule has 2 saturated carbocycles. The van der Waals surface area contributed by atoms with Crippen LogP contribution in [0.4, 0.5) is 0 Å². The summed E-state index contributed by atoms with van der Waals surface area (Å²) in [5, 5.41) is 0. The van der Waals surface area contributed by atoms with Gasteiger partial charge < -0.3 is 23.8 Å². The minimum absolute atomic E-state index is 0.148. The average molecular weight is 961 g/mol. The van der Waals surface area contributed by atoms with Crippen molar-refractivity contribution in [2.24, 2.45) is 21.7 Å². The smallest absolute Gasteiger partial charge is 0.305 e. The SMILES string of the molecule is CCCCCCCCCCCC(=O)OCC1(C)CC2(COC(=O)CCCCCCCCCCC)CC(C)(COC(=O)CCCN(CC)CC)CC(COC(=O)CCCCCCCCCCC)(C1)C2. The van der Waals surface area contributed by atoms with Crippen molar-refractivity contribution in [3.8, 4) is 0 Å². The van der Waals surface area contributed by atoms with Gasteiger partial charge in [-0.2, -0.15) is 0 Å². The van der Waals surface area contributed by atoms with Crippen LogP contribution in [0.1, 0.15) is 286 Å². The van der Waals surface area contributed by atoms with Gasteiger partial charge in [-0.05, 0) is 77.4 Å². The number of carbonyl (C=O) groups excluding carboxylic acids is 4. The van der Waals surface area contributed by atoms with Gasteiger partial charge in [-0.15, -0.1) is 0 Å². The van der Waals surface area contributed by atoms with Crippen LogP contribution in [-0.4, -0.2) is 74.8 Å². The van der Waals surface area contributed by atoms with Gasteiger partial charge in [0.15, 0.2) is 0 Å². The standard InChI is InChI=1S/C59H109NO8/c1-8-13-16-19-22-25-28-31-34-38-52(61)65-48-56(6)43-58(50-67-53(62)39-35-32-29-26-23-20-17-14-9-2)45-57(7,49-66-55(64)41-37-42-60(11-4)12-5)46-59(44-56,47-58)51-68-54(63)40-36-33-30-27-24-21-18-15-10-3/h8-51H2,1-7H3. The van der Waals surface area contributed by atoms with Crippen LogP contribution in [0, 0.1) is 21.7 Å². The Balaban J connectivity index is 2.23. The van der Waals surface area contributed by atoms with Crippen LogP contribution in [0.3, 0.4) is 0 Å². The molecule has 2 rings (SSSR count). The van der Waals surface area contributed by atoms with E-state index in [1.165, 1.54) is 116 Å². The molecule has 2 atom stereocenters. The second-order valence-electron chi connectivity index (χ2n) is 23.0. The fraction of sp³-hybridized carbons (Fsp3) is 0.932. The van der Waals surface area contributed by atoms with Gasteiger partial charge >= 0.3 is 23.9 Å². The Labute approximate surface area is 419 Å². The molecule has 0 aromatic heterocycles. The van der Waals surface area contributed by atoms with Gasteiger partial charge in [0.1, 0.15) is 0 Å². The number of nitrogens with zero attached hydrogens (tertiary/aromatic N) is 1. The second kappa shape index (κ2) is 36.7. The zero-order valence-corrected chi connectivity index (χ0v) is 45.8. The number of fused-ring (bicyclic) bond motifs is 2. The van der Waals surface area contributed by atoms with Crippen LogP contribution < -0.4 is 0 Å². The lowest BCUT2D eigenvalue weighted by atomic mass is 9.44. The van der Waals surface area contributed by atoms with E-state index in [1.807, 2.05) is 0 Å². The molecule has 0 aliphatic heterocycles. The summed E-state index contributed by atoms with van der Waals surface area (Å²) in [5.74, 6) is -0.648. The molecule has 2 unspecified atom stereocenters. The molecule has 0 aromatic carbocycles. The molecule has 68 heavy (non-hydrogen) atoms. The molecule has 9 heteroatoms. The third-order valence-electron chi connectivity index (χ3n) is 15.4. The number of ether oxygens (including phenoxy) is 4. The largest absolute Gasteiger partial charge is 0.465 e. The van der Waals surface area contributed by atoms with Gasteiger partial charge in [0.05, 0.1) is 26.4 Å². The van der Waals surface area contributed by atoms with Crippen LogP contribution in [0.2, 0.25) is 0 Å². The van der Waals surface area contributed by atoms with Crippen LogP contribution in [0.5, 0.6) is 0 Å². The summed E-state index contributed by atoms with van der Waals surface area (Å²) in [6.07, 6.45) is 38.0. The molecule has 0 spiro atoms.